The second-order valence-electron chi connectivity index (χ2n) is 4.44. The van der Waals surface area contributed by atoms with Crippen LogP contribution in [0.1, 0.15) is 33.6 Å². The average Bonchev–Trinajstić information content (AvgIpc) is 2.31. The van der Waals surface area contributed by atoms with Gasteiger partial charge in [-0.2, -0.15) is 0 Å². The van der Waals surface area contributed by atoms with Crippen molar-refractivity contribution in [2.45, 2.75) is 39.7 Å². The highest BCUT2D eigenvalue weighted by Crippen LogP contribution is 2.12. The summed E-state index contributed by atoms with van der Waals surface area (Å²) in [6.07, 6.45) is 2.54. The van der Waals surface area contributed by atoms with Crippen LogP contribution in [0, 0.1) is 5.92 Å². The van der Waals surface area contributed by atoms with Gasteiger partial charge in [0.15, 0.2) is 0 Å². The standard InChI is InChI=1S/C13H30N2O/c1-6-12(7-2)10-15(8-3)13(9-14-4)11-16-5/h12-14H,6-11H2,1-5H3. The van der Waals surface area contributed by atoms with Crippen LogP contribution >= 0.6 is 0 Å². The molecular weight excluding hydrogens is 200 g/mol. The molecule has 0 spiro atoms. The van der Waals surface area contributed by atoms with Crippen LogP contribution in [0.5, 0.6) is 0 Å². The van der Waals surface area contributed by atoms with Crippen molar-refractivity contribution in [3.8, 4) is 0 Å². The first kappa shape index (κ1) is 15.9. The van der Waals surface area contributed by atoms with E-state index in [0.717, 1.165) is 25.6 Å². The smallest absolute Gasteiger partial charge is 0.0630 e. The Morgan fingerprint density at radius 3 is 2.19 bits per heavy atom. The Morgan fingerprint density at radius 2 is 1.81 bits per heavy atom. The zero-order valence-corrected chi connectivity index (χ0v) is 11.8. The van der Waals surface area contributed by atoms with Crippen molar-refractivity contribution in [1.82, 2.24) is 10.2 Å². The van der Waals surface area contributed by atoms with Crippen molar-refractivity contribution < 1.29 is 4.74 Å². The molecule has 1 unspecified atom stereocenters. The van der Waals surface area contributed by atoms with Crippen LogP contribution in [0.4, 0.5) is 0 Å². The fraction of sp³-hybridized carbons (Fsp3) is 1.00. The molecule has 0 aliphatic carbocycles. The first-order valence-electron chi connectivity index (χ1n) is 6.60. The van der Waals surface area contributed by atoms with E-state index in [1.54, 1.807) is 7.11 Å². The van der Waals surface area contributed by atoms with E-state index in [1.165, 1.54) is 19.4 Å². The van der Waals surface area contributed by atoms with Gasteiger partial charge in [0.05, 0.1) is 6.61 Å². The zero-order valence-electron chi connectivity index (χ0n) is 11.8. The van der Waals surface area contributed by atoms with E-state index in [2.05, 4.69) is 31.0 Å². The summed E-state index contributed by atoms with van der Waals surface area (Å²) in [5.41, 5.74) is 0. The summed E-state index contributed by atoms with van der Waals surface area (Å²) in [4.78, 5) is 2.54. The lowest BCUT2D eigenvalue weighted by Crippen LogP contribution is -2.46. The van der Waals surface area contributed by atoms with Gasteiger partial charge in [-0.05, 0) is 19.5 Å². The maximum atomic E-state index is 5.31. The number of ether oxygens (including phenoxy) is 1. The van der Waals surface area contributed by atoms with Crippen LogP contribution < -0.4 is 5.32 Å². The van der Waals surface area contributed by atoms with Gasteiger partial charge in [0.1, 0.15) is 0 Å². The molecule has 0 amide bonds. The summed E-state index contributed by atoms with van der Waals surface area (Å²) in [5.74, 6) is 0.816. The van der Waals surface area contributed by atoms with E-state index in [1.807, 2.05) is 7.05 Å². The molecule has 0 bridgehead atoms. The minimum Gasteiger partial charge on any atom is -0.383 e. The number of methoxy groups -OCH3 is 1. The normalized spacial score (nSPS) is 13.7. The topological polar surface area (TPSA) is 24.5 Å². The third-order valence-corrected chi connectivity index (χ3v) is 3.37. The third kappa shape index (κ3) is 5.83. The molecule has 0 radical (unpaired) electrons. The largest absolute Gasteiger partial charge is 0.383 e. The molecule has 3 heteroatoms. The van der Waals surface area contributed by atoms with Crippen molar-refractivity contribution >= 4 is 0 Å². The van der Waals surface area contributed by atoms with Crippen molar-refractivity contribution in [1.29, 1.82) is 0 Å². The molecule has 0 rings (SSSR count). The summed E-state index contributed by atoms with van der Waals surface area (Å²) >= 11 is 0. The monoisotopic (exact) mass is 230 g/mol. The predicted molar refractivity (Wildman–Crippen MR) is 70.9 cm³/mol. The molecule has 1 atom stereocenters. The highest BCUT2D eigenvalue weighted by molar-refractivity contribution is 4.74. The number of likely N-dealkylation sites (N-methyl/N-ethyl adjacent to an activating group) is 2. The SMILES string of the molecule is CCC(CC)CN(CC)C(CNC)COC. The third-order valence-electron chi connectivity index (χ3n) is 3.37. The van der Waals surface area contributed by atoms with Gasteiger partial charge in [0.2, 0.25) is 0 Å². The van der Waals surface area contributed by atoms with Crippen LogP contribution in [0.15, 0.2) is 0 Å². The number of hydrogen-bond acceptors (Lipinski definition) is 3. The van der Waals surface area contributed by atoms with Crippen molar-refractivity contribution in [3.05, 3.63) is 0 Å². The van der Waals surface area contributed by atoms with Gasteiger partial charge in [-0.3, -0.25) is 4.90 Å². The lowest BCUT2D eigenvalue weighted by atomic mass is 10.0. The molecular formula is C13H30N2O. The van der Waals surface area contributed by atoms with Gasteiger partial charge >= 0.3 is 0 Å². The second-order valence-corrected chi connectivity index (χ2v) is 4.44. The van der Waals surface area contributed by atoms with Gasteiger partial charge in [-0.1, -0.05) is 33.6 Å². The molecule has 0 fully saturated rings. The molecule has 0 aliphatic rings. The summed E-state index contributed by atoms with van der Waals surface area (Å²) in [7, 11) is 3.79. The summed E-state index contributed by atoms with van der Waals surface area (Å²) in [5, 5.41) is 3.26. The van der Waals surface area contributed by atoms with Gasteiger partial charge in [0.25, 0.3) is 0 Å². The fourth-order valence-electron chi connectivity index (χ4n) is 2.14. The molecule has 0 saturated carbocycles. The Morgan fingerprint density at radius 1 is 1.19 bits per heavy atom. The van der Waals surface area contributed by atoms with E-state index in [-0.39, 0.29) is 0 Å². The predicted octanol–water partition coefficient (Wildman–Crippen LogP) is 1.98. The Kier molecular flexibility index (Phi) is 9.99. The molecule has 1 N–H and O–H groups in total. The van der Waals surface area contributed by atoms with Gasteiger partial charge < -0.3 is 10.1 Å². The Hall–Kier alpha value is -0.120. The van der Waals surface area contributed by atoms with E-state index < -0.39 is 0 Å². The van der Waals surface area contributed by atoms with Crippen LogP contribution in [-0.4, -0.2) is 51.3 Å². The number of nitrogens with zero attached hydrogens (tertiary/aromatic N) is 1. The molecule has 16 heavy (non-hydrogen) atoms. The van der Waals surface area contributed by atoms with Crippen molar-refractivity contribution in [2.24, 2.45) is 5.92 Å². The van der Waals surface area contributed by atoms with Crippen LogP contribution in [0.2, 0.25) is 0 Å². The Balaban J connectivity index is 4.27. The van der Waals surface area contributed by atoms with Gasteiger partial charge in [-0.25, -0.2) is 0 Å². The molecule has 0 saturated heterocycles. The molecule has 0 aromatic carbocycles. The highest BCUT2D eigenvalue weighted by atomic mass is 16.5. The van der Waals surface area contributed by atoms with Crippen LogP contribution in [0.25, 0.3) is 0 Å². The molecule has 3 nitrogen and oxygen atoms in total. The number of nitrogens with one attached hydrogen (secondary N) is 1. The Labute approximate surface area is 102 Å². The quantitative estimate of drug-likeness (QED) is 0.621. The van der Waals surface area contributed by atoms with Crippen LogP contribution in [0.3, 0.4) is 0 Å². The fourth-order valence-corrected chi connectivity index (χ4v) is 2.14. The zero-order chi connectivity index (χ0) is 12.4. The van der Waals surface area contributed by atoms with E-state index >= 15 is 0 Å². The Bertz CT molecular complexity index is 143. The first-order chi connectivity index (χ1) is 7.73. The average molecular weight is 230 g/mol. The lowest BCUT2D eigenvalue weighted by molar-refractivity contribution is 0.0815. The van der Waals surface area contributed by atoms with Gasteiger partial charge in [0, 0.05) is 26.2 Å². The van der Waals surface area contributed by atoms with E-state index in [4.69, 9.17) is 4.74 Å². The van der Waals surface area contributed by atoms with Crippen molar-refractivity contribution in [2.75, 3.05) is 40.4 Å². The minimum atomic E-state index is 0.501. The van der Waals surface area contributed by atoms with E-state index in [9.17, 15) is 0 Å². The molecule has 0 heterocycles. The second kappa shape index (κ2) is 10.1. The van der Waals surface area contributed by atoms with Crippen LogP contribution in [-0.2, 0) is 4.74 Å². The molecule has 98 valence electrons. The lowest BCUT2D eigenvalue weighted by Gasteiger charge is -2.32. The minimum absolute atomic E-state index is 0.501. The molecule has 0 aliphatic heterocycles. The molecule has 0 aromatic heterocycles. The number of hydrogen-bond donors (Lipinski definition) is 1. The first-order valence-corrected chi connectivity index (χ1v) is 6.60. The van der Waals surface area contributed by atoms with E-state index in [0.29, 0.717) is 6.04 Å². The van der Waals surface area contributed by atoms with Gasteiger partial charge in [-0.15, -0.1) is 0 Å². The summed E-state index contributed by atoms with van der Waals surface area (Å²) < 4.78 is 5.31. The summed E-state index contributed by atoms with van der Waals surface area (Å²) in [6, 6.07) is 0.501. The maximum absolute atomic E-state index is 5.31. The number of rotatable bonds is 10. The van der Waals surface area contributed by atoms with Crippen molar-refractivity contribution in [3.63, 3.8) is 0 Å². The summed E-state index contributed by atoms with van der Waals surface area (Å²) in [6.45, 7) is 10.9. The maximum Gasteiger partial charge on any atom is 0.0630 e. The highest BCUT2D eigenvalue weighted by Gasteiger charge is 2.18. The molecule has 0 aromatic rings.